The molecule has 18 heavy (non-hydrogen) atoms. The van der Waals surface area contributed by atoms with Gasteiger partial charge in [-0.1, -0.05) is 19.8 Å². The summed E-state index contributed by atoms with van der Waals surface area (Å²) < 4.78 is 0. The molecule has 1 saturated carbocycles. The first-order valence-corrected chi connectivity index (χ1v) is 7.36. The van der Waals surface area contributed by atoms with Gasteiger partial charge in [-0.25, -0.2) is 4.79 Å². The first-order valence-electron chi connectivity index (χ1n) is 7.36. The third-order valence-corrected chi connectivity index (χ3v) is 4.66. The molecule has 1 aliphatic carbocycles. The number of hydrogen-bond donors (Lipinski definition) is 2. The monoisotopic (exact) mass is 254 g/mol. The highest BCUT2D eigenvalue weighted by molar-refractivity contribution is 5.74. The van der Waals surface area contributed by atoms with Gasteiger partial charge in [-0.2, -0.15) is 0 Å². The summed E-state index contributed by atoms with van der Waals surface area (Å²) in [5.74, 6) is 0. The Morgan fingerprint density at radius 2 is 2.22 bits per heavy atom. The molecule has 4 heteroatoms. The average molecular weight is 254 g/mol. The molecule has 104 valence electrons. The summed E-state index contributed by atoms with van der Waals surface area (Å²) in [6.45, 7) is 3.91. The minimum absolute atomic E-state index is 0.0222. The minimum Gasteiger partial charge on any atom is -0.394 e. The number of nitrogens with one attached hydrogen (secondary N) is 1. The summed E-state index contributed by atoms with van der Waals surface area (Å²) in [6, 6.07) is 0.0578. The molecule has 2 rings (SSSR count). The molecule has 1 saturated heterocycles. The van der Waals surface area contributed by atoms with E-state index in [2.05, 4.69) is 12.2 Å². The highest BCUT2D eigenvalue weighted by Gasteiger charge is 2.37. The minimum atomic E-state index is 0.0222. The molecule has 0 spiro atoms. The molecule has 4 nitrogen and oxygen atoms in total. The lowest BCUT2D eigenvalue weighted by Gasteiger charge is -2.42. The number of carbonyl (C=O) groups excluding carboxylic acids is 1. The number of likely N-dealkylation sites (tertiary alicyclic amines) is 1. The first-order chi connectivity index (χ1) is 8.71. The van der Waals surface area contributed by atoms with Gasteiger partial charge in [0.25, 0.3) is 0 Å². The SMILES string of the molecule is CCCC1(CNC(=O)N2CCC[C@@H]2CO)CCC1. The predicted molar refractivity (Wildman–Crippen MR) is 71.4 cm³/mol. The molecule has 0 aromatic rings. The molecular weight excluding hydrogens is 228 g/mol. The first kappa shape index (κ1) is 13.7. The lowest BCUT2D eigenvalue weighted by atomic mass is 9.66. The maximum absolute atomic E-state index is 12.1. The Balaban J connectivity index is 1.80. The smallest absolute Gasteiger partial charge is 0.317 e. The van der Waals surface area contributed by atoms with E-state index in [1.165, 1.54) is 32.1 Å². The molecule has 0 radical (unpaired) electrons. The van der Waals surface area contributed by atoms with E-state index in [4.69, 9.17) is 0 Å². The van der Waals surface area contributed by atoms with Gasteiger partial charge in [0, 0.05) is 13.1 Å². The molecule has 0 aromatic carbocycles. The molecular formula is C14H26N2O2. The molecule has 2 aliphatic rings. The maximum Gasteiger partial charge on any atom is 0.317 e. The Kier molecular flexibility index (Phi) is 4.49. The number of aliphatic hydroxyl groups excluding tert-OH is 1. The van der Waals surface area contributed by atoms with Gasteiger partial charge in [-0.15, -0.1) is 0 Å². The number of hydrogen-bond acceptors (Lipinski definition) is 2. The Morgan fingerprint density at radius 1 is 1.44 bits per heavy atom. The zero-order valence-electron chi connectivity index (χ0n) is 11.5. The highest BCUT2D eigenvalue weighted by atomic mass is 16.3. The van der Waals surface area contributed by atoms with Crippen LogP contribution >= 0.6 is 0 Å². The van der Waals surface area contributed by atoms with Crippen molar-refractivity contribution in [2.24, 2.45) is 5.41 Å². The number of amides is 2. The molecule has 1 heterocycles. The quantitative estimate of drug-likeness (QED) is 0.789. The fourth-order valence-electron chi connectivity index (χ4n) is 3.38. The second-order valence-corrected chi connectivity index (χ2v) is 5.93. The molecule has 0 unspecified atom stereocenters. The van der Waals surface area contributed by atoms with E-state index < -0.39 is 0 Å². The molecule has 1 aliphatic heterocycles. The fourth-order valence-corrected chi connectivity index (χ4v) is 3.38. The van der Waals surface area contributed by atoms with Crippen molar-refractivity contribution >= 4 is 6.03 Å². The maximum atomic E-state index is 12.1. The van der Waals surface area contributed by atoms with Crippen LogP contribution in [0.5, 0.6) is 0 Å². The van der Waals surface area contributed by atoms with Crippen LogP contribution in [-0.2, 0) is 0 Å². The van der Waals surface area contributed by atoms with E-state index in [1.807, 2.05) is 0 Å². The van der Waals surface area contributed by atoms with Crippen molar-refractivity contribution in [1.82, 2.24) is 10.2 Å². The average Bonchev–Trinajstić information content (AvgIpc) is 2.80. The van der Waals surface area contributed by atoms with Gasteiger partial charge in [0.2, 0.25) is 0 Å². The van der Waals surface area contributed by atoms with Crippen molar-refractivity contribution in [3.05, 3.63) is 0 Å². The van der Waals surface area contributed by atoms with Crippen LogP contribution in [0.4, 0.5) is 4.79 Å². The van der Waals surface area contributed by atoms with Gasteiger partial charge in [0.1, 0.15) is 0 Å². The number of nitrogens with zero attached hydrogens (tertiary/aromatic N) is 1. The van der Waals surface area contributed by atoms with Crippen LogP contribution < -0.4 is 5.32 Å². The van der Waals surface area contributed by atoms with E-state index in [0.29, 0.717) is 5.41 Å². The summed E-state index contributed by atoms with van der Waals surface area (Å²) in [5.41, 5.74) is 0.374. The zero-order chi connectivity index (χ0) is 13.0. The summed E-state index contributed by atoms with van der Waals surface area (Å²) in [6.07, 6.45) is 8.17. The van der Waals surface area contributed by atoms with Gasteiger partial charge in [-0.05, 0) is 37.5 Å². The number of carbonyl (C=O) groups is 1. The Morgan fingerprint density at radius 3 is 2.78 bits per heavy atom. The van der Waals surface area contributed by atoms with E-state index >= 15 is 0 Å². The van der Waals surface area contributed by atoms with Crippen LogP contribution in [0, 0.1) is 5.41 Å². The Hall–Kier alpha value is -0.770. The van der Waals surface area contributed by atoms with Crippen LogP contribution in [0.25, 0.3) is 0 Å². The van der Waals surface area contributed by atoms with Crippen molar-refractivity contribution in [2.75, 3.05) is 19.7 Å². The second kappa shape index (κ2) is 5.91. The third kappa shape index (κ3) is 2.79. The Bertz CT molecular complexity index is 290. The molecule has 0 aromatic heterocycles. The number of aliphatic hydroxyl groups is 1. The predicted octanol–water partition coefficient (Wildman–Crippen LogP) is 2.12. The van der Waals surface area contributed by atoms with E-state index in [1.54, 1.807) is 4.90 Å². The van der Waals surface area contributed by atoms with Crippen LogP contribution in [0.2, 0.25) is 0 Å². The third-order valence-electron chi connectivity index (χ3n) is 4.66. The van der Waals surface area contributed by atoms with Crippen LogP contribution in [0.15, 0.2) is 0 Å². The topological polar surface area (TPSA) is 52.6 Å². The second-order valence-electron chi connectivity index (χ2n) is 5.93. The summed E-state index contributed by atoms with van der Waals surface area (Å²) in [5, 5.41) is 12.3. The number of rotatable bonds is 5. The Labute approximate surface area is 110 Å². The fraction of sp³-hybridized carbons (Fsp3) is 0.929. The van der Waals surface area contributed by atoms with Gasteiger partial charge in [0.15, 0.2) is 0 Å². The largest absolute Gasteiger partial charge is 0.394 e. The standard InChI is InChI=1S/C14H26N2O2/c1-2-6-14(7-4-8-14)11-15-13(18)16-9-3-5-12(16)10-17/h12,17H,2-11H2,1H3,(H,15,18)/t12-/m1/s1. The van der Waals surface area contributed by atoms with Crippen LogP contribution in [0.3, 0.4) is 0 Å². The molecule has 1 atom stereocenters. The molecule has 2 N–H and O–H groups in total. The zero-order valence-corrected chi connectivity index (χ0v) is 11.5. The van der Waals surface area contributed by atoms with Gasteiger partial charge >= 0.3 is 6.03 Å². The number of urea groups is 1. The van der Waals surface area contributed by atoms with Crippen molar-refractivity contribution in [1.29, 1.82) is 0 Å². The van der Waals surface area contributed by atoms with Gasteiger partial charge < -0.3 is 15.3 Å². The van der Waals surface area contributed by atoms with E-state index in [9.17, 15) is 9.90 Å². The van der Waals surface area contributed by atoms with Gasteiger partial charge in [0.05, 0.1) is 12.6 Å². The van der Waals surface area contributed by atoms with Crippen LogP contribution in [-0.4, -0.2) is 41.8 Å². The summed E-state index contributed by atoms with van der Waals surface area (Å²) >= 11 is 0. The summed E-state index contributed by atoms with van der Waals surface area (Å²) in [4.78, 5) is 13.9. The van der Waals surface area contributed by atoms with Crippen molar-refractivity contribution < 1.29 is 9.90 Å². The van der Waals surface area contributed by atoms with Crippen molar-refractivity contribution in [3.63, 3.8) is 0 Å². The molecule has 2 amide bonds. The van der Waals surface area contributed by atoms with E-state index in [-0.39, 0.29) is 18.7 Å². The lowest BCUT2D eigenvalue weighted by Crippen LogP contribution is -2.49. The molecule has 0 bridgehead atoms. The summed E-state index contributed by atoms with van der Waals surface area (Å²) in [7, 11) is 0. The van der Waals surface area contributed by atoms with Crippen molar-refractivity contribution in [2.45, 2.75) is 57.9 Å². The molecule has 2 fully saturated rings. The lowest BCUT2D eigenvalue weighted by molar-refractivity contribution is 0.109. The van der Waals surface area contributed by atoms with Gasteiger partial charge in [-0.3, -0.25) is 0 Å². The van der Waals surface area contributed by atoms with Crippen molar-refractivity contribution in [3.8, 4) is 0 Å². The highest BCUT2D eigenvalue weighted by Crippen LogP contribution is 2.44. The van der Waals surface area contributed by atoms with E-state index in [0.717, 1.165) is 25.9 Å². The normalized spacial score (nSPS) is 25.9. The van der Waals surface area contributed by atoms with Crippen LogP contribution in [0.1, 0.15) is 51.9 Å².